The number of amides is 1. The Morgan fingerprint density at radius 3 is 3.25 bits per heavy atom. The van der Waals surface area contributed by atoms with E-state index < -0.39 is 0 Å². The number of aromatic nitrogens is 1. The Bertz CT molecular complexity index is 285. The van der Waals surface area contributed by atoms with Crippen LogP contribution >= 0.6 is 0 Å². The van der Waals surface area contributed by atoms with Crippen molar-refractivity contribution in [2.75, 3.05) is 6.54 Å². The first-order chi connectivity index (χ1) is 5.84. The maximum Gasteiger partial charge on any atom is 0.273 e. The van der Waals surface area contributed by atoms with Gasteiger partial charge in [-0.2, -0.15) is 0 Å². The zero-order valence-corrected chi connectivity index (χ0v) is 6.41. The van der Waals surface area contributed by atoms with Gasteiger partial charge in [0.2, 0.25) is 0 Å². The highest BCUT2D eigenvalue weighted by Crippen LogP contribution is 1.92. The van der Waals surface area contributed by atoms with Crippen LogP contribution in [0.25, 0.3) is 0 Å². The van der Waals surface area contributed by atoms with Gasteiger partial charge in [0.05, 0.1) is 0 Å². The van der Waals surface area contributed by atoms with Crippen molar-refractivity contribution in [3.63, 3.8) is 0 Å². The van der Waals surface area contributed by atoms with E-state index in [1.807, 2.05) is 0 Å². The molecule has 0 aliphatic carbocycles. The van der Waals surface area contributed by atoms with Gasteiger partial charge in [-0.15, -0.1) is 12.3 Å². The van der Waals surface area contributed by atoms with Crippen LogP contribution in [-0.2, 0) is 0 Å². The van der Waals surface area contributed by atoms with Crippen LogP contribution in [0.2, 0.25) is 0 Å². The fourth-order valence-corrected chi connectivity index (χ4v) is 0.668. The lowest BCUT2D eigenvalue weighted by Gasteiger charge is -1.97. The fraction of sp³-hybridized carbons (Fsp3) is 0.250. The molecule has 0 saturated heterocycles. The van der Waals surface area contributed by atoms with Gasteiger partial charge in [0.1, 0.15) is 6.26 Å². The summed E-state index contributed by atoms with van der Waals surface area (Å²) < 4.78 is 4.49. The Morgan fingerprint density at radius 2 is 2.67 bits per heavy atom. The minimum absolute atomic E-state index is 0.265. The Kier molecular flexibility index (Phi) is 2.91. The van der Waals surface area contributed by atoms with E-state index in [1.54, 1.807) is 0 Å². The minimum Gasteiger partial charge on any atom is -0.364 e. The van der Waals surface area contributed by atoms with E-state index >= 15 is 0 Å². The monoisotopic (exact) mass is 164 g/mol. The standard InChI is InChI=1S/C8H8N2O2/c1-2-3-5-9-8(11)7-4-6-12-10-7/h1,4,6H,3,5H2,(H,9,11). The highest BCUT2D eigenvalue weighted by molar-refractivity contribution is 5.91. The van der Waals surface area contributed by atoms with E-state index in [0.717, 1.165) is 0 Å². The van der Waals surface area contributed by atoms with Gasteiger partial charge in [-0.25, -0.2) is 0 Å². The molecule has 1 aromatic heterocycles. The average molecular weight is 164 g/mol. The summed E-state index contributed by atoms with van der Waals surface area (Å²) >= 11 is 0. The second kappa shape index (κ2) is 4.19. The van der Waals surface area contributed by atoms with Gasteiger partial charge in [0, 0.05) is 19.0 Å². The van der Waals surface area contributed by atoms with Gasteiger partial charge in [-0.1, -0.05) is 5.16 Å². The molecule has 1 amide bonds. The molecule has 12 heavy (non-hydrogen) atoms. The molecule has 0 aliphatic heterocycles. The summed E-state index contributed by atoms with van der Waals surface area (Å²) in [6, 6.07) is 1.49. The molecule has 0 aliphatic rings. The van der Waals surface area contributed by atoms with Crippen molar-refractivity contribution in [1.82, 2.24) is 10.5 Å². The van der Waals surface area contributed by atoms with Crippen LogP contribution in [0.15, 0.2) is 16.9 Å². The molecular weight excluding hydrogens is 156 g/mol. The van der Waals surface area contributed by atoms with Crippen LogP contribution in [0, 0.1) is 12.3 Å². The maximum atomic E-state index is 11.1. The van der Waals surface area contributed by atoms with Crippen LogP contribution in [0.3, 0.4) is 0 Å². The first kappa shape index (κ1) is 8.34. The van der Waals surface area contributed by atoms with Crippen LogP contribution in [-0.4, -0.2) is 17.6 Å². The van der Waals surface area contributed by atoms with Crippen molar-refractivity contribution in [1.29, 1.82) is 0 Å². The minimum atomic E-state index is -0.265. The topological polar surface area (TPSA) is 55.1 Å². The molecule has 0 radical (unpaired) electrons. The largest absolute Gasteiger partial charge is 0.364 e. The molecule has 1 rings (SSSR count). The summed E-state index contributed by atoms with van der Waals surface area (Å²) in [7, 11) is 0. The van der Waals surface area contributed by atoms with Gasteiger partial charge in [0.25, 0.3) is 5.91 Å². The van der Waals surface area contributed by atoms with E-state index in [4.69, 9.17) is 6.42 Å². The molecule has 62 valence electrons. The summed E-state index contributed by atoms with van der Waals surface area (Å²) in [5.74, 6) is 2.14. The first-order valence-electron chi connectivity index (χ1n) is 3.46. The lowest BCUT2D eigenvalue weighted by atomic mass is 10.4. The van der Waals surface area contributed by atoms with E-state index in [1.165, 1.54) is 12.3 Å². The lowest BCUT2D eigenvalue weighted by molar-refractivity contribution is 0.0945. The third kappa shape index (κ3) is 2.13. The molecule has 0 saturated carbocycles. The molecule has 1 aromatic rings. The Labute approximate surface area is 69.9 Å². The molecule has 0 fully saturated rings. The second-order valence-corrected chi connectivity index (χ2v) is 2.09. The van der Waals surface area contributed by atoms with Crippen molar-refractivity contribution in [2.45, 2.75) is 6.42 Å². The molecule has 4 nitrogen and oxygen atoms in total. The summed E-state index contributed by atoms with van der Waals surface area (Å²) in [5, 5.41) is 6.04. The van der Waals surface area contributed by atoms with Crippen LogP contribution in [0.4, 0.5) is 0 Å². The molecule has 1 heterocycles. The van der Waals surface area contributed by atoms with Crippen molar-refractivity contribution in [3.8, 4) is 12.3 Å². The van der Waals surface area contributed by atoms with Gasteiger partial charge in [0.15, 0.2) is 5.69 Å². The molecule has 0 unspecified atom stereocenters. The van der Waals surface area contributed by atoms with Crippen molar-refractivity contribution in [2.24, 2.45) is 0 Å². The summed E-state index contributed by atoms with van der Waals surface area (Å²) in [6.07, 6.45) is 6.86. The number of terminal acetylenes is 1. The molecule has 0 spiro atoms. The van der Waals surface area contributed by atoms with E-state index in [9.17, 15) is 4.79 Å². The SMILES string of the molecule is C#CCCNC(=O)c1ccon1. The van der Waals surface area contributed by atoms with Crippen LogP contribution in [0.5, 0.6) is 0 Å². The van der Waals surface area contributed by atoms with Gasteiger partial charge < -0.3 is 9.84 Å². The number of carbonyl (C=O) groups excluding carboxylic acids is 1. The predicted molar refractivity (Wildman–Crippen MR) is 42.3 cm³/mol. The van der Waals surface area contributed by atoms with Gasteiger partial charge >= 0.3 is 0 Å². The summed E-state index contributed by atoms with van der Waals surface area (Å²) in [6.45, 7) is 0.461. The predicted octanol–water partition coefficient (Wildman–Crippen LogP) is 0.428. The molecule has 0 aromatic carbocycles. The number of nitrogens with zero attached hydrogens (tertiary/aromatic N) is 1. The number of rotatable bonds is 3. The highest BCUT2D eigenvalue weighted by Gasteiger charge is 2.06. The van der Waals surface area contributed by atoms with Crippen LogP contribution < -0.4 is 5.32 Å². The van der Waals surface area contributed by atoms with Crippen LogP contribution in [0.1, 0.15) is 16.9 Å². The summed E-state index contributed by atoms with van der Waals surface area (Å²) in [5.41, 5.74) is 0.270. The number of hydrogen-bond donors (Lipinski definition) is 1. The average Bonchev–Trinajstić information content (AvgIpc) is 2.56. The Hall–Kier alpha value is -1.76. The van der Waals surface area contributed by atoms with E-state index in [2.05, 4.69) is 20.9 Å². The Balaban J connectivity index is 2.36. The maximum absolute atomic E-state index is 11.1. The normalized spacial score (nSPS) is 8.92. The van der Waals surface area contributed by atoms with Gasteiger partial charge in [-0.3, -0.25) is 4.79 Å². The fourth-order valence-electron chi connectivity index (χ4n) is 0.668. The van der Waals surface area contributed by atoms with E-state index in [0.29, 0.717) is 13.0 Å². The highest BCUT2D eigenvalue weighted by atomic mass is 16.5. The van der Waals surface area contributed by atoms with E-state index in [-0.39, 0.29) is 11.6 Å². The second-order valence-electron chi connectivity index (χ2n) is 2.09. The lowest BCUT2D eigenvalue weighted by Crippen LogP contribution is -2.24. The van der Waals surface area contributed by atoms with Crippen molar-refractivity contribution in [3.05, 3.63) is 18.0 Å². The Morgan fingerprint density at radius 1 is 1.83 bits per heavy atom. The number of hydrogen-bond acceptors (Lipinski definition) is 3. The molecule has 1 N–H and O–H groups in total. The smallest absolute Gasteiger partial charge is 0.273 e. The molecule has 4 heteroatoms. The molecular formula is C8H8N2O2. The van der Waals surface area contributed by atoms with Crippen molar-refractivity contribution >= 4 is 5.91 Å². The van der Waals surface area contributed by atoms with Gasteiger partial charge in [-0.05, 0) is 0 Å². The zero-order valence-electron chi connectivity index (χ0n) is 6.41. The third-order valence-corrected chi connectivity index (χ3v) is 1.23. The first-order valence-corrected chi connectivity index (χ1v) is 3.46. The number of carbonyl (C=O) groups is 1. The third-order valence-electron chi connectivity index (χ3n) is 1.23. The summed E-state index contributed by atoms with van der Waals surface area (Å²) in [4.78, 5) is 11.1. The quantitative estimate of drug-likeness (QED) is 0.520. The zero-order chi connectivity index (χ0) is 8.81. The molecule has 0 atom stereocenters. The molecule has 0 bridgehead atoms. The number of nitrogens with one attached hydrogen (secondary N) is 1. The van der Waals surface area contributed by atoms with Crippen molar-refractivity contribution < 1.29 is 9.32 Å².